The molecule has 3 aromatic rings. The van der Waals surface area contributed by atoms with Crippen LogP contribution in [0.2, 0.25) is 0 Å². The number of carbonyl (C=O) groups excluding carboxylic acids is 2. The average molecular weight is 646 g/mol. The summed E-state index contributed by atoms with van der Waals surface area (Å²) in [6.45, 7) is 7.48. The molecule has 4 heterocycles. The van der Waals surface area contributed by atoms with Gasteiger partial charge in [-0.3, -0.25) is 14.5 Å². The SMILES string of the molecule is COc1ccc2c(c1)C=C(C(=O)N1C[C@@H]3C[C@H]1CN3CC(C)C)Cn1c-2c(C2CCCCC2)c2ccc(C(=O)NS(N)(=O)=O)cc21. The lowest BCUT2D eigenvalue weighted by atomic mass is 9.81. The summed E-state index contributed by atoms with van der Waals surface area (Å²) in [5.41, 5.74) is 5.89. The number of nitrogens with one attached hydrogen (secondary N) is 1. The van der Waals surface area contributed by atoms with E-state index in [2.05, 4.69) is 34.3 Å². The number of carbonyl (C=O) groups is 2. The molecule has 2 bridgehead atoms. The van der Waals surface area contributed by atoms with Gasteiger partial charge in [-0.25, -0.2) is 9.86 Å². The molecule has 2 aromatic carbocycles. The Kier molecular flexibility index (Phi) is 7.97. The predicted octanol–water partition coefficient (Wildman–Crippen LogP) is 4.64. The van der Waals surface area contributed by atoms with E-state index in [1.807, 2.05) is 29.0 Å². The van der Waals surface area contributed by atoms with Crippen molar-refractivity contribution in [2.45, 2.75) is 76.9 Å². The van der Waals surface area contributed by atoms with E-state index in [1.54, 1.807) is 19.2 Å². The fourth-order valence-electron chi connectivity index (χ4n) is 8.38. The number of rotatable bonds is 7. The fourth-order valence-corrected chi connectivity index (χ4v) is 8.75. The van der Waals surface area contributed by atoms with E-state index in [0.29, 0.717) is 30.0 Å². The van der Waals surface area contributed by atoms with Gasteiger partial charge in [0.2, 0.25) is 0 Å². The van der Waals surface area contributed by atoms with Gasteiger partial charge >= 0.3 is 0 Å². The van der Waals surface area contributed by atoms with E-state index < -0.39 is 16.1 Å². The van der Waals surface area contributed by atoms with Gasteiger partial charge < -0.3 is 14.2 Å². The Balaban J connectivity index is 1.37. The molecule has 46 heavy (non-hydrogen) atoms. The molecule has 3 aliphatic heterocycles. The predicted molar refractivity (Wildman–Crippen MR) is 179 cm³/mol. The highest BCUT2D eigenvalue weighted by molar-refractivity contribution is 7.87. The Labute approximate surface area is 270 Å². The van der Waals surface area contributed by atoms with Crippen LogP contribution in [0.25, 0.3) is 28.2 Å². The maximum absolute atomic E-state index is 14.5. The monoisotopic (exact) mass is 645 g/mol. The van der Waals surface area contributed by atoms with Crippen molar-refractivity contribution in [1.82, 2.24) is 19.1 Å². The van der Waals surface area contributed by atoms with Gasteiger partial charge in [0.25, 0.3) is 22.0 Å². The minimum absolute atomic E-state index is 0.0440. The van der Waals surface area contributed by atoms with Crippen LogP contribution in [0.3, 0.4) is 0 Å². The van der Waals surface area contributed by atoms with Crippen LogP contribution in [0.4, 0.5) is 0 Å². The lowest BCUT2D eigenvalue weighted by Gasteiger charge is -2.35. The zero-order chi connectivity index (χ0) is 32.3. The number of likely N-dealkylation sites (tertiary alicyclic amines) is 2. The van der Waals surface area contributed by atoms with E-state index in [1.165, 1.54) is 12.0 Å². The van der Waals surface area contributed by atoms with Gasteiger partial charge in [0.15, 0.2) is 0 Å². The van der Waals surface area contributed by atoms with Gasteiger partial charge in [0.1, 0.15) is 5.75 Å². The number of hydrogen-bond donors (Lipinski definition) is 2. The van der Waals surface area contributed by atoms with Crippen molar-refractivity contribution in [3.63, 3.8) is 0 Å². The van der Waals surface area contributed by atoms with Gasteiger partial charge in [-0.1, -0.05) is 39.2 Å². The number of methoxy groups -OCH3 is 1. The van der Waals surface area contributed by atoms with Crippen molar-refractivity contribution in [1.29, 1.82) is 0 Å². The van der Waals surface area contributed by atoms with Crippen LogP contribution in [0.5, 0.6) is 5.75 Å². The molecule has 0 spiro atoms. The third-order valence-electron chi connectivity index (χ3n) is 10.3. The third kappa shape index (κ3) is 5.62. The summed E-state index contributed by atoms with van der Waals surface area (Å²) < 4.78 is 33.1. The minimum atomic E-state index is -4.23. The molecule has 244 valence electrons. The van der Waals surface area contributed by atoms with Crippen molar-refractivity contribution >= 4 is 39.0 Å². The summed E-state index contributed by atoms with van der Waals surface area (Å²) in [6, 6.07) is 11.9. The molecule has 4 aliphatic rings. The van der Waals surface area contributed by atoms with Crippen LogP contribution in [0.1, 0.15) is 79.8 Å². The molecule has 3 N–H and O–H groups in total. The molecular formula is C35H43N5O5S. The van der Waals surface area contributed by atoms with Crippen molar-refractivity contribution in [2.75, 3.05) is 26.7 Å². The van der Waals surface area contributed by atoms with Crippen molar-refractivity contribution in [3.05, 3.63) is 58.7 Å². The first-order valence-corrected chi connectivity index (χ1v) is 18.0. The van der Waals surface area contributed by atoms with E-state index in [4.69, 9.17) is 9.88 Å². The average Bonchev–Trinajstić information content (AvgIpc) is 3.67. The van der Waals surface area contributed by atoms with Gasteiger partial charge in [-0.05, 0) is 78.6 Å². The molecule has 7 rings (SSSR count). The number of nitrogens with two attached hydrogens (primary N) is 1. The zero-order valence-electron chi connectivity index (χ0n) is 26.8. The molecule has 0 unspecified atom stereocenters. The number of ether oxygens (including phenoxy) is 1. The largest absolute Gasteiger partial charge is 0.497 e. The molecule has 3 fully saturated rings. The number of benzene rings is 2. The second-order valence-corrected chi connectivity index (χ2v) is 15.2. The maximum Gasteiger partial charge on any atom is 0.298 e. The van der Waals surface area contributed by atoms with Gasteiger partial charge in [-0.2, -0.15) is 8.42 Å². The Morgan fingerprint density at radius 2 is 1.83 bits per heavy atom. The quantitative estimate of drug-likeness (QED) is 0.386. The first-order chi connectivity index (χ1) is 22.0. The molecular weight excluding hydrogens is 602 g/mol. The van der Waals surface area contributed by atoms with Crippen molar-refractivity contribution < 1.29 is 22.7 Å². The number of hydrogen-bond acceptors (Lipinski definition) is 6. The fraction of sp³-hybridized carbons (Fsp3) is 0.486. The van der Waals surface area contributed by atoms with E-state index in [-0.39, 0.29) is 17.5 Å². The van der Waals surface area contributed by atoms with Gasteiger partial charge in [0.05, 0.1) is 19.3 Å². The van der Waals surface area contributed by atoms with Crippen LogP contribution >= 0.6 is 0 Å². The summed E-state index contributed by atoms with van der Waals surface area (Å²) in [7, 11) is -2.58. The Bertz CT molecular complexity index is 1860. The van der Waals surface area contributed by atoms with Crippen LogP contribution in [0, 0.1) is 5.92 Å². The van der Waals surface area contributed by atoms with Crippen LogP contribution in [-0.4, -0.2) is 73.4 Å². The number of fused-ring (bicyclic) bond motifs is 7. The lowest BCUT2D eigenvalue weighted by molar-refractivity contribution is -0.129. The molecule has 2 atom stereocenters. The molecule has 1 saturated carbocycles. The lowest BCUT2D eigenvalue weighted by Crippen LogP contribution is -2.50. The maximum atomic E-state index is 14.5. The van der Waals surface area contributed by atoms with Gasteiger partial charge in [-0.15, -0.1) is 0 Å². The van der Waals surface area contributed by atoms with E-state index in [0.717, 1.165) is 85.2 Å². The Morgan fingerprint density at radius 3 is 2.50 bits per heavy atom. The number of nitrogens with zero attached hydrogens (tertiary/aromatic N) is 3. The topological polar surface area (TPSA) is 127 Å². The molecule has 2 saturated heterocycles. The Hall–Kier alpha value is -3.67. The molecule has 1 aliphatic carbocycles. The normalized spacial score (nSPS) is 21.7. The molecule has 2 amide bonds. The minimum Gasteiger partial charge on any atom is -0.497 e. The third-order valence-corrected chi connectivity index (χ3v) is 10.7. The summed E-state index contributed by atoms with van der Waals surface area (Å²) in [6.07, 6.45) is 8.66. The second-order valence-electron chi connectivity index (χ2n) is 13.9. The second kappa shape index (κ2) is 11.8. The zero-order valence-corrected chi connectivity index (χ0v) is 27.6. The van der Waals surface area contributed by atoms with Crippen LogP contribution < -0.4 is 14.6 Å². The first-order valence-electron chi connectivity index (χ1n) is 16.5. The standard InChI is InChI=1S/C35H43N5O5S/c1-21(2)17-38-19-27-16-26(38)20-39(27)35(42)25-13-24-14-28(45-3)10-12-29(24)33-32(22-7-5-4-6-8-22)30-11-9-23(15-31(30)40(33)18-25)34(41)37-46(36,43)44/h9-15,21-22,26-27H,4-8,16-20H2,1-3H3,(H,37,41)(H2,36,43,44)/t26-,27-/m0/s1. The summed E-state index contributed by atoms with van der Waals surface area (Å²) in [5, 5.41) is 6.16. The summed E-state index contributed by atoms with van der Waals surface area (Å²) in [5.74, 6) is 0.878. The number of aromatic nitrogens is 1. The Morgan fingerprint density at radius 1 is 1.04 bits per heavy atom. The molecule has 1 aromatic heterocycles. The van der Waals surface area contributed by atoms with E-state index >= 15 is 0 Å². The summed E-state index contributed by atoms with van der Waals surface area (Å²) >= 11 is 0. The molecule has 11 heteroatoms. The van der Waals surface area contributed by atoms with Crippen LogP contribution in [0.15, 0.2) is 42.0 Å². The molecule has 10 nitrogen and oxygen atoms in total. The highest BCUT2D eigenvalue weighted by Crippen LogP contribution is 2.47. The summed E-state index contributed by atoms with van der Waals surface area (Å²) in [4.78, 5) is 32.0. The van der Waals surface area contributed by atoms with Crippen molar-refractivity contribution in [3.8, 4) is 17.0 Å². The smallest absolute Gasteiger partial charge is 0.298 e. The highest BCUT2D eigenvalue weighted by Gasteiger charge is 2.46. The van der Waals surface area contributed by atoms with Crippen molar-refractivity contribution in [2.24, 2.45) is 11.1 Å². The molecule has 0 radical (unpaired) electrons. The first kappa shape index (κ1) is 31.0. The van der Waals surface area contributed by atoms with Crippen LogP contribution in [-0.2, 0) is 21.5 Å². The van der Waals surface area contributed by atoms with Gasteiger partial charge in [0, 0.05) is 59.3 Å². The highest BCUT2D eigenvalue weighted by atomic mass is 32.2. The number of piperazine rings is 1. The van der Waals surface area contributed by atoms with E-state index in [9.17, 15) is 18.0 Å². The number of amides is 2.